The molecule has 0 aliphatic heterocycles. The van der Waals surface area contributed by atoms with Crippen LogP contribution in [-0.2, 0) is 25.5 Å². The number of methoxy groups -OCH3 is 1. The maximum atomic E-state index is 12.6. The molecule has 0 aliphatic carbocycles. The summed E-state index contributed by atoms with van der Waals surface area (Å²) in [7, 11) is -2.57. The van der Waals surface area contributed by atoms with Gasteiger partial charge < -0.3 is 9.47 Å². The molecule has 0 amide bonds. The van der Waals surface area contributed by atoms with Crippen LogP contribution in [0.2, 0.25) is 0 Å². The third kappa shape index (κ3) is 5.48. The average Bonchev–Trinajstić information content (AvgIpc) is 2.64. The zero-order valence-electron chi connectivity index (χ0n) is 15.2. The van der Waals surface area contributed by atoms with Gasteiger partial charge in [0.1, 0.15) is 5.75 Å². The standard InChI is InChI=1S/C19H19F3O5S/c1-13-5-3-4-6-17(13)28(24,25)12-11-16(18(23)26-2)27-15-9-7-14(8-10-15)19(20,21)22/h3-10,16H,11-12H2,1-2H3. The van der Waals surface area contributed by atoms with Crippen LogP contribution in [0.15, 0.2) is 53.4 Å². The minimum absolute atomic E-state index is 0.00307. The summed E-state index contributed by atoms with van der Waals surface area (Å²) in [6.07, 6.45) is -5.99. The van der Waals surface area contributed by atoms with Gasteiger partial charge in [-0.3, -0.25) is 0 Å². The first-order valence-corrected chi connectivity index (χ1v) is 9.90. The normalized spacial score (nSPS) is 13.0. The smallest absolute Gasteiger partial charge is 0.416 e. The van der Waals surface area contributed by atoms with Crippen molar-refractivity contribution >= 4 is 15.8 Å². The summed E-state index contributed by atoms with van der Waals surface area (Å²) in [5.74, 6) is -1.21. The first-order valence-electron chi connectivity index (χ1n) is 8.25. The predicted octanol–water partition coefficient (Wildman–Crippen LogP) is 3.80. The molecular formula is C19H19F3O5S. The number of hydrogen-bond donors (Lipinski definition) is 0. The zero-order valence-corrected chi connectivity index (χ0v) is 16.0. The van der Waals surface area contributed by atoms with Crippen molar-refractivity contribution in [2.45, 2.75) is 30.5 Å². The van der Waals surface area contributed by atoms with Gasteiger partial charge in [0.25, 0.3) is 0 Å². The van der Waals surface area contributed by atoms with Gasteiger partial charge in [-0.15, -0.1) is 0 Å². The van der Waals surface area contributed by atoms with E-state index in [1.165, 1.54) is 6.07 Å². The van der Waals surface area contributed by atoms with Crippen LogP contribution in [0.4, 0.5) is 13.2 Å². The summed E-state index contributed by atoms with van der Waals surface area (Å²) in [6, 6.07) is 10.2. The topological polar surface area (TPSA) is 69.7 Å². The van der Waals surface area contributed by atoms with Crippen LogP contribution in [0.5, 0.6) is 5.75 Å². The van der Waals surface area contributed by atoms with Gasteiger partial charge in [-0.05, 0) is 42.8 Å². The molecule has 0 bridgehead atoms. The Morgan fingerprint density at radius 1 is 1.07 bits per heavy atom. The molecule has 2 rings (SSSR count). The largest absolute Gasteiger partial charge is 0.479 e. The number of esters is 1. The predicted molar refractivity (Wildman–Crippen MR) is 95.7 cm³/mol. The second-order valence-corrected chi connectivity index (χ2v) is 8.10. The molecule has 152 valence electrons. The molecule has 0 fully saturated rings. The molecule has 0 heterocycles. The van der Waals surface area contributed by atoms with Crippen molar-refractivity contribution in [3.05, 3.63) is 59.7 Å². The highest BCUT2D eigenvalue weighted by Crippen LogP contribution is 2.30. The minimum Gasteiger partial charge on any atom is -0.479 e. The van der Waals surface area contributed by atoms with E-state index in [-0.39, 0.29) is 17.1 Å². The van der Waals surface area contributed by atoms with Gasteiger partial charge in [0.15, 0.2) is 15.9 Å². The van der Waals surface area contributed by atoms with E-state index in [1.54, 1.807) is 25.1 Å². The lowest BCUT2D eigenvalue weighted by Gasteiger charge is -2.18. The van der Waals surface area contributed by atoms with E-state index >= 15 is 0 Å². The van der Waals surface area contributed by atoms with E-state index in [4.69, 9.17) is 4.74 Å². The third-order valence-electron chi connectivity index (χ3n) is 4.00. The molecule has 0 aliphatic rings. The Kier molecular flexibility index (Phi) is 6.71. The molecule has 9 heteroatoms. The number of benzene rings is 2. The monoisotopic (exact) mass is 416 g/mol. The van der Waals surface area contributed by atoms with Crippen LogP contribution in [0, 0.1) is 6.92 Å². The quantitative estimate of drug-likeness (QED) is 0.643. The van der Waals surface area contributed by atoms with Crippen molar-refractivity contribution in [3.63, 3.8) is 0 Å². The molecule has 0 N–H and O–H groups in total. The summed E-state index contributed by atoms with van der Waals surface area (Å²) in [5, 5.41) is 0. The summed E-state index contributed by atoms with van der Waals surface area (Å²) < 4.78 is 73.0. The lowest BCUT2D eigenvalue weighted by Crippen LogP contribution is -2.31. The number of ether oxygens (including phenoxy) is 2. The van der Waals surface area contributed by atoms with E-state index < -0.39 is 39.4 Å². The van der Waals surface area contributed by atoms with Gasteiger partial charge >= 0.3 is 12.1 Å². The van der Waals surface area contributed by atoms with E-state index in [9.17, 15) is 26.4 Å². The second-order valence-electron chi connectivity index (χ2n) is 6.02. The van der Waals surface area contributed by atoms with Gasteiger partial charge in [0, 0.05) is 6.42 Å². The van der Waals surface area contributed by atoms with Crippen LogP contribution in [-0.4, -0.2) is 33.4 Å². The Labute approximate surface area is 161 Å². The Hall–Kier alpha value is -2.55. The molecule has 2 aromatic carbocycles. The van der Waals surface area contributed by atoms with Crippen LogP contribution in [0.25, 0.3) is 0 Å². The highest BCUT2D eigenvalue weighted by atomic mass is 32.2. The SMILES string of the molecule is COC(=O)C(CCS(=O)(=O)c1ccccc1C)Oc1ccc(C(F)(F)F)cc1. The van der Waals surface area contributed by atoms with Crippen LogP contribution in [0.3, 0.4) is 0 Å². The number of hydrogen-bond acceptors (Lipinski definition) is 5. The fourth-order valence-electron chi connectivity index (χ4n) is 2.52. The van der Waals surface area contributed by atoms with E-state index in [0.29, 0.717) is 5.56 Å². The molecule has 28 heavy (non-hydrogen) atoms. The maximum absolute atomic E-state index is 12.6. The molecule has 0 aromatic heterocycles. The molecule has 2 aromatic rings. The number of halogens is 3. The second kappa shape index (κ2) is 8.64. The molecule has 1 atom stereocenters. The van der Waals surface area contributed by atoms with Gasteiger partial charge in [0.2, 0.25) is 0 Å². The van der Waals surface area contributed by atoms with Gasteiger partial charge in [-0.1, -0.05) is 18.2 Å². The third-order valence-corrected chi connectivity index (χ3v) is 5.90. The van der Waals surface area contributed by atoms with Crippen molar-refractivity contribution in [3.8, 4) is 5.75 Å². The highest BCUT2D eigenvalue weighted by molar-refractivity contribution is 7.91. The molecule has 0 saturated heterocycles. The number of sulfone groups is 1. The van der Waals surface area contributed by atoms with Crippen molar-refractivity contribution < 1.29 is 35.9 Å². The Morgan fingerprint density at radius 2 is 1.68 bits per heavy atom. The van der Waals surface area contributed by atoms with Crippen LogP contribution in [0.1, 0.15) is 17.5 Å². The van der Waals surface area contributed by atoms with E-state index in [0.717, 1.165) is 31.4 Å². The van der Waals surface area contributed by atoms with E-state index in [1.807, 2.05) is 0 Å². The van der Waals surface area contributed by atoms with Crippen molar-refractivity contribution in [2.75, 3.05) is 12.9 Å². The number of rotatable bonds is 7. The van der Waals surface area contributed by atoms with Gasteiger partial charge in [-0.25, -0.2) is 13.2 Å². The molecule has 0 saturated carbocycles. The lowest BCUT2D eigenvalue weighted by atomic mass is 10.2. The summed E-state index contributed by atoms with van der Waals surface area (Å²) in [4.78, 5) is 12.1. The van der Waals surface area contributed by atoms with Crippen molar-refractivity contribution in [1.29, 1.82) is 0 Å². The van der Waals surface area contributed by atoms with Gasteiger partial charge in [-0.2, -0.15) is 13.2 Å². The average molecular weight is 416 g/mol. The van der Waals surface area contributed by atoms with E-state index in [2.05, 4.69) is 4.74 Å². The Balaban J connectivity index is 2.14. The number of alkyl halides is 3. The lowest BCUT2D eigenvalue weighted by molar-refractivity contribution is -0.149. The Morgan fingerprint density at radius 3 is 2.21 bits per heavy atom. The number of aryl methyl sites for hydroxylation is 1. The minimum atomic E-state index is -4.50. The fraction of sp³-hybridized carbons (Fsp3) is 0.316. The summed E-state index contributed by atoms with van der Waals surface area (Å²) in [5.41, 5.74) is -0.294. The first-order chi connectivity index (χ1) is 13.0. The maximum Gasteiger partial charge on any atom is 0.416 e. The molecule has 0 spiro atoms. The van der Waals surface area contributed by atoms with Gasteiger partial charge in [0.05, 0.1) is 23.3 Å². The summed E-state index contributed by atoms with van der Waals surface area (Å²) >= 11 is 0. The van der Waals surface area contributed by atoms with Crippen molar-refractivity contribution in [2.24, 2.45) is 0 Å². The zero-order chi connectivity index (χ0) is 20.9. The van der Waals surface area contributed by atoms with Crippen LogP contribution < -0.4 is 4.74 Å². The first kappa shape index (κ1) is 21.7. The fourth-order valence-corrected chi connectivity index (χ4v) is 4.11. The summed E-state index contributed by atoms with van der Waals surface area (Å²) in [6.45, 7) is 1.66. The molecule has 0 radical (unpaired) electrons. The molecule has 5 nitrogen and oxygen atoms in total. The Bertz CT molecular complexity index is 921. The molecule has 1 unspecified atom stereocenters. The van der Waals surface area contributed by atoms with Crippen molar-refractivity contribution in [1.82, 2.24) is 0 Å². The number of carbonyl (C=O) groups is 1. The number of carbonyl (C=O) groups excluding carboxylic acids is 1. The molecular weight excluding hydrogens is 397 g/mol. The highest BCUT2D eigenvalue weighted by Gasteiger charge is 2.31. The van der Waals surface area contributed by atoms with Crippen LogP contribution >= 0.6 is 0 Å².